The van der Waals surface area contributed by atoms with Gasteiger partial charge in [-0.2, -0.15) is 0 Å². The Kier molecular flexibility index (Phi) is 6.29. The Morgan fingerprint density at radius 1 is 0.941 bits per heavy atom. The molecule has 9 heteroatoms. The maximum atomic E-state index is 13.0. The molecule has 172 valence electrons. The average molecular weight is 476 g/mol. The number of carbonyl (C=O) groups excluding carboxylic acids is 1. The van der Waals surface area contributed by atoms with Crippen LogP contribution < -0.4 is 9.46 Å². The van der Waals surface area contributed by atoms with Crippen molar-refractivity contribution in [1.29, 1.82) is 0 Å². The number of amides is 1. The normalized spacial score (nSPS) is 11.6. The van der Waals surface area contributed by atoms with Gasteiger partial charge in [0.05, 0.1) is 17.7 Å². The van der Waals surface area contributed by atoms with Crippen LogP contribution in [0.4, 0.5) is 11.4 Å². The largest absolute Gasteiger partial charge is 0.505 e. The van der Waals surface area contributed by atoms with E-state index in [4.69, 9.17) is 4.74 Å². The molecule has 8 nitrogen and oxygen atoms in total. The van der Waals surface area contributed by atoms with Crippen LogP contribution in [0.2, 0.25) is 0 Å². The van der Waals surface area contributed by atoms with E-state index in [1.807, 2.05) is 6.92 Å². The van der Waals surface area contributed by atoms with Crippen LogP contribution in [0.3, 0.4) is 0 Å². The number of methoxy groups -OCH3 is 1. The second-order valence-corrected chi connectivity index (χ2v) is 9.17. The Balaban J connectivity index is 1.72. The summed E-state index contributed by atoms with van der Waals surface area (Å²) in [5, 5.41) is 19.2. The SMILES string of the molecule is COc1ccc(C(=O)N=Nc2cc(NS(=O)(=O)c3ccc(C)cc3)c3ccccc3c2O)cc1. The summed E-state index contributed by atoms with van der Waals surface area (Å²) in [6.45, 7) is 1.86. The Bertz CT molecular complexity index is 1500. The van der Waals surface area contributed by atoms with E-state index < -0.39 is 15.9 Å². The maximum Gasteiger partial charge on any atom is 0.295 e. The third-order valence-corrected chi connectivity index (χ3v) is 6.54. The zero-order valence-corrected chi connectivity index (χ0v) is 19.2. The van der Waals surface area contributed by atoms with Gasteiger partial charge >= 0.3 is 0 Å². The van der Waals surface area contributed by atoms with Crippen molar-refractivity contribution in [3.8, 4) is 11.5 Å². The lowest BCUT2D eigenvalue weighted by molar-refractivity contribution is 0.0995. The Labute approximate surface area is 196 Å². The molecule has 0 bridgehead atoms. The van der Waals surface area contributed by atoms with E-state index in [1.54, 1.807) is 60.7 Å². The molecule has 4 aromatic carbocycles. The van der Waals surface area contributed by atoms with Crippen LogP contribution in [0, 0.1) is 6.92 Å². The van der Waals surface area contributed by atoms with Crippen molar-refractivity contribution in [3.63, 3.8) is 0 Å². The minimum atomic E-state index is -3.91. The van der Waals surface area contributed by atoms with Crippen LogP contribution in [0.25, 0.3) is 10.8 Å². The second kappa shape index (κ2) is 9.32. The summed E-state index contributed by atoms with van der Waals surface area (Å²) in [7, 11) is -2.40. The number of aromatic hydroxyl groups is 1. The predicted molar refractivity (Wildman–Crippen MR) is 129 cm³/mol. The van der Waals surface area contributed by atoms with Gasteiger partial charge in [-0.25, -0.2) is 8.42 Å². The molecule has 0 fully saturated rings. The van der Waals surface area contributed by atoms with Crippen molar-refractivity contribution in [2.45, 2.75) is 11.8 Å². The number of hydrogen-bond acceptors (Lipinski definition) is 6. The molecule has 0 atom stereocenters. The number of nitrogens with zero attached hydrogens (tertiary/aromatic N) is 2. The highest BCUT2D eigenvalue weighted by Crippen LogP contribution is 2.40. The van der Waals surface area contributed by atoms with Crippen LogP contribution in [0.5, 0.6) is 11.5 Å². The monoisotopic (exact) mass is 475 g/mol. The van der Waals surface area contributed by atoms with Crippen molar-refractivity contribution < 1.29 is 23.1 Å². The molecule has 0 unspecified atom stereocenters. The zero-order valence-electron chi connectivity index (χ0n) is 18.4. The second-order valence-electron chi connectivity index (χ2n) is 7.49. The third kappa shape index (κ3) is 4.74. The number of hydrogen-bond donors (Lipinski definition) is 2. The van der Waals surface area contributed by atoms with Gasteiger partial charge in [0.1, 0.15) is 11.4 Å². The fraction of sp³-hybridized carbons (Fsp3) is 0.0800. The summed E-state index contributed by atoms with van der Waals surface area (Å²) in [6, 6.07) is 20.8. The van der Waals surface area contributed by atoms with Gasteiger partial charge in [-0.15, -0.1) is 10.2 Å². The molecule has 0 aromatic heterocycles. The molecule has 0 spiro atoms. The van der Waals surface area contributed by atoms with Gasteiger partial charge in [-0.1, -0.05) is 42.0 Å². The number of fused-ring (bicyclic) bond motifs is 1. The molecule has 0 aliphatic rings. The van der Waals surface area contributed by atoms with E-state index in [2.05, 4.69) is 15.0 Å². The summed E-state index contributed by atoms with van der Waals surface area (Å²) in [5.41, 5.74) is 1.35. The van der Waals surface area contributed by atoms with Crippen molar-refractivity contribution >= 4 is 38.1 Å². The summed E-state index contributed by atoms with van der Waals surface area (Å²) in [5.74, 6) is -0.261. The van der Waals surface area contributed by atoms with Crippen LogP contribution in [0.1, 0.15) is 15.9 Å². The van der Waals surface area contributed by atoms with E-state index >= 15 is 0 Å². The third-order valence-electron chi connectivity index (χ3n) is 5.16. The minimum absolute atomic E-state index is 0.0535. The fourth-order valence-corrected chi connectivity index (χ4v) is 4.39. The number of carbonyl (C=O) groups is 1. The summed E-state index contributed by atoms with van der Waals surface area (Å²) in [4.78, 5) is 12.5. The van der Waals surface area contributed by atoms with Crippen LogP contribution in [-0.2, 0) is 10.0 Å². The molecular weight excluding hydrogens is 454 g/mol. The van der Waals surface area contributed by atoms with Gasteiger partial charge in [0, 0.05) is 16.3 Å². The first-order valence-corrected chi connectivity index (χ1v) is 11.7. The van der Waals surface area contributed by atoms with E-state index in [0.29, 0.717) is 16.5 Å². The quantitative estimate of drug-likeness (QED) is 0.279. The van der Waals surface area contributed by atoms with E-state index in [-0.39, 0.29) is 27.6 Å². The zero-order chi connectivity index (χ0) is 24.3. The molecule has 0 heterocycles. The topological polar surface area (TPSA) is 117 Å². The molecule has 0 aliphatic heterocycles. The van der Waals surface area contributed by atoms with Gasteiger partial charge in [-0.3, -0.25) is 9.52 Å². The lowest BCUT2D eigenvalue weighted by atomic mass is 10.1. The van der Waals surface area contributed by atoms with Crippen molar-refractivity contribution in [1.82, 2.24) is 0 Å². The number of anilines is 1. The van der Waals surface area contributed by atoms with E-state index in [1.165, 1.54) is 25.3 Å². The molecule has 4 aromatic rings. The standard InChI is InChI=1S/C25H21N3O5S/c1-16-7-13-19(14-8-16)34(31,32)28-22-15-23(24(29)21-6-4-3-5-20(21)22)26-27-25(30)17-9-11-18(33-2)12-10-17/h3-15,28-29H,1-2H3. The molecule has 0 radical (unpaired) electrons. The highest BCUT2D eigenvalue weighted by molar-refractivity contribution is 7.92. The van der Waals surface area contributed by atoms with Gasteiger partial charge in [-0.05, 0) is 49.4 Å². The first kappa shape index (κ1) is 22.9. The molecule has 0 saturated carbocycles. The average Bonchev–Trinajstić information content (AvgIpc) is 2.85. The maximum absolute atomic E-state index is 13.0. The number of nitrogens with one attached hydrogen (secondary N) is 1. The van der Waals surface area contributed by atoms with Crippen molar-refractivity contribution in [2.24, 2.45) is 10.2 Å². The lowest BCUT2D eigenvalue weighted by Gasteiger charge is -2.13. The highest BCUT2D eigenvalue weighted by atomic mass is 32.2. The smallest absolute Gasteiger partial charge is 0.295 e. The first-order valence-electron chi connectivity index (χ1n) is 10.2. The predicted octanol–water partition coefficient (Wildman–Crippen LogP) is 5.59. The lowest BCUT2D eigenvalue weighted by Crippen LogP contribution is -2.13. The van der Waals surface area contributed by atoms with Crippen LogP contribution in [-0.4, -0.2) is 26.5 Å². The number of ether oxygens (including phenoxy) is 1. The summed E-state index contributed by atoms with van der Waals surface area (Å²) >= 11 is 0. The van der Waals surface area contributed by atoms with Gasteiger partial charge < -0.3 is 9.84 Å². The van der Waals surface area contributed by atoms with Crippen LogP contribution in [0.15, 0.2) is 94.0 Å². The number of sulfonamides is 1. The Hall–Kier alpha value is -4.24. The molecular formula is C25H21N3O5S. The van der Waals surface area contributed by atoms with Crippen molar-refractivity contribution in [2.75, 3.05) is 11.8 Å². The molecule has 4 rings (SSSR count). The summed E-state index contributed by atoms with van der Waals surface area (Å²) in [6.07, 6.45) is 0. The number of azo groups is 1. The molecule has 0 saturated heterocycles. The number of phenols is 1. The number of aryl methyl sites for hydroxylation is 1. The fourth-order valence-electron chi connectivity index (χ4n) is 3.32. The van der Waals surface area contributed by atoms with Crippen LogP contribution >= 0.6 is 0 Å². The molecule has 2 N–H and O–H groups in total. The van der Waals surface area contributed by atoms with E-state index in [9.17, 15) is 18.3 Å². The first-order chi connectivity index (χ1) is 16.3. The van der Waals surface area contributed by atoms with Gasteiger partial charge in [0.15, 0.2) is 5.75 Å². The highest BCUT2D eigenvalue weighted by Gasteiger charge is 2.18. The van der Waals surface area contributed by atoms with Crippen molar-refractivity contribution in [3.05, 3.63) is 90.0 Å². The number of benzene rings is 4. The molecule has 0 aliphatic carbocycles. The molecule has 1 amide bonds. The summed E-state index contributed by atoms with van der Waals surface area (Å²) < 4.78 is 33.6. The minimum Gasteiger partial charge on any atom is -0.505 e. The van der Waals surface area contributed by atoms with E-state index in [0.717, 1.165) is 5.56 Å². The number of phenolic OH excluding ortho intramolecular Hbond substituents is 1. The van der Waals surface area contributed by atoms with Gasteiger partial charge in [0.25, 0.3) is 15.9 Å². The number of rotatable bonds is 6. The Morgan fingerprint density at radius 2 is 1.59 bits per heavy atom. The van der Waals surface area contributed by atoms with Gasteiger partial charge in [0.2, 0.25) is 0 Å². The molecule has 34 heavy (non-hydrogen) atoms. The Morgan fingerprint density at radius 3 is 2.24 bits per heavy atom.